The molecule has 108 valence electrons. The Hall–Kier alpha value is -2.33. The molecule has 0 aliphatic heterocycles. The van der Waals surface area contributed by atoms with Crippen LogP contribution in [0.25, 0.3) is 11.0 Å². The second-order valence-electron chi connectivity index (χ2n) is 4.99. The van der Waals surface area contributed by atoms with Gasteiger partial charge in [0.05, 0.1) is 13.2 Å². The minimum atomic E-state index is 0.113. The predicted octanol–water partition coefficient (Wildman–Crippen LogP) is 3.69. The van der Waals surface area contributed by atoms with Crippen LogP contribution in [-0.2, 0) is 6.54 Å². The molecule has 2 aromatic heterocycles. The van der Waals surface area contributed by atoms with E-state index in [1.165, 1.54) is 0 Å². The number of benzene rings is 1. The molecular formula is C17H18N2O2. The van der Waals surface area contributed by atoms with Crippen molar-refractivity contribution >= 4 is 11.0 Å². The molecule has 3 aromatic rings. The van der Waals surface area contributed by atoms with Gasteiger partial charge in [0.25, 0.3) is 0 Å². The Kier molecular flexibility index (Phi) is 3.88. The molecule has 0 aliphatic rings. The first-order valence-corrected chi connectivity index (χ1v) is 6.96. The van der Waals surface area contributed by atoms with Crippen LogP contribution >= 0.6 is 0 Å². The number of ether oxygens (including phenoxy) is 1. The smallest absolute Gasteiger partial charge is 0.176 e. The Bertz CT molecular complexity index is 722. The highest BCUT2D eigenvalue weighted by Crippen LogP contribution is 2.30. The Balaban J connectivity index is 1.77. The molecule has 0 amide bonds. The number of furan rings is 1. The van der Waals surface area contributed by atoms with Crippen LogP contribution in [-0.4, -0.2) is 12.1 Å². The third kappa shape index (κ3) is 2.90. The Labute approximate surface area is 123 Å². The number of pyridine rings is 1. The van der Waals surface area contributed by atoms with Crippen LogP contribution in [0.3, 0.4) is 0 Å². The lowest BCUT2D eigenvalue weighted by Crippen LogP contribution is -2.17. The van der Waals surface area contributed by atoms with Crippen LogP contribution in [0.1, 0.15) is 24.3 Å². The highest BCUT2D eigenvalue weighted by molar-refractivity contribution is 5.83. The van der Waals surface area contributed by atoms with E-state index in [9.17, 15) is 0 Å². The summed E-state index contributed by atoms with van der Waals surface area (Å²) < 4.78 is 11.3. The highest BCUT2D eigenvalue weighted by Gasteiger charge is 2.13. The number of aromatic nitrogens is 1. The molecule has 4 nitrogen and oxygen atoms in total. The molecule has 0 unspecified atom stereocenters. The standard InChI is InChI=1S/C17H18N2O2/c1-12(19-11-13-5-4-8-18-10-13)16-9-14-6-3-7-15(20-2)17(14)21-16/h3-10,12,19H,11H2,1-2H3/t12-/m1/s1. The number of methoxy groups -OCH3 is 1. The number of nitrogens with one attached hydrogen (secondary N) is 1. The molecule has 0 fully saturated rings. The fourth-order valence-electron chi connectivity index (χ4n) is 2.30. The van der Waals surface area contributed by atoms with E-state index in [0.717, 1.165) is 34.6 Å². The summed E-state index contributed by atoms with van der Waals surface area (Å²) in [5.41, 5.74) is 1.95. The second-order valence-corrected chi connectivity index (χ2v) is 4.99. The van der Waals surface area contributed by atoms with Crippen molar-refractivity contribution in [3.63, 3.8) is 0 Å². The van der Waals surface area contributed by atoms with Crippen molar-refractivity contribution in [2.75, 3.05) is 7.11 Å². The molecule has 21 heavy (non-hydrogen) atoms. The fraction of sp³-hybridized carbons (Fsp3) is 0.235. The van der Waals surface area contributed by atoms with Gasteiger partial charge in [0.1, 0.15) is 5.76 Å². The maximum Gasteiger partial charge on any atom is 0.176 e. The number of hydrogen-bond acceptors (Lipinski definition) is 4. The average Bonchev–Trinajstić information content (AvgIpc) is 2.97. The van der Waals surface area contributed by atoms with E-state index in [-0.39, 0.29) is 6.04 Å². The lowest BCUT2D eigenvalue weighted by Gasteiger charge is -2.10. The summed E-state index contributed by atoms with van der Waals surface area (Å²) in [5, 5.41) is 4.49. The van der Waals surface area contributed by atoms with E-state index in [2.05, 4.69) is 23.3 Å². The zero-order chi connectivity index (χ0) is 14.7. The lowest BCUT2D eigenvalue weighted by atomic mass is 10.2. The predicted molar refractivity (Wildman–Crippen MR) is 82.3 cm³/mol. The minimum absolute atomic E-state index is 0.113. The molecule has 1 atom stereocenters. The fourth-order valence-corrected chi connectivity index (χ4v) is 2.30. The van der Waals surface area contributed by atoms with E-state index in [0.29, 0.717) is 0 Å². The minimum Gasteiger partial charge on any atom is -0.493 e. The zero-order valence-electron chi connectivity index (χ0n) is 12.2. The summed E-state index contributed by atoms with van der Waals surface area (Å²) in [7, 11) is 1.65. The van der Waals surface area contributed by atoms with Crippen LogP contribution in [0.4, 0.5) is 0 Å². The number of nitrogens with zero attached hydrogens (tertiary/aromatic N) is 1. The summed E-state index contributed by atoms with van der Waals surface area (Å²) in [6, 6.07) is 12.1. The quantitative estimate of drug-likeness (QED) is 0.775. The molecule has 0 radical (unpaired) electrons. The van der Waals surface area contributed by atoms with Crippen LogP contribution in [0.5, 0.6) is 5.75 Å². The maximum absolute atomic E-state index is 5.94. The van der Waals surface area contributed by atoms with Crippen LogP contribution < -0.4 is 10.1 Å². The van der Waals surface area contributed by atoms with E-state index < -0.39 is 0 Å². The second kappa shape index (κ2) is 5.97. The van der Waals surface area contributed by atoms with Crippen LogP contribution in [0.15, 0.2) is 53.2 Å². The van der Waals surface area contributed by atoms with E-state index >= 15 is 0 Å². The molecule has 1 aromatic carbocycles. The van der Waals surface area contributed by atoms with Crippen molar-refractivity contribution in [2.45, 2.75) is 19.5 Å². The Morgan fingerprint density at radius 1 is 1.29 bits per heavy atom. The monoisotopic (exact) mass is 282 g/mol. The average molecular weight is 282 g/mol. The molecule has 0 saturated heterocycles. The van der Waals surface area contributed by atoms with E-state index in [1.54, 1.807) is 13.3 Å². The molecular weight excluding hydrogens is 264 g/mol. The lowest BCUT2D eigenvalue weighted by molar-refractivity contribution is 0.399. The van der Waals surface area contributed by atoms with Gasteiger partial charge in [-0.05, 0) is 30.7 Å². The normalized spacial score (nSPS) is 12.5. The van der Waals surface area contributed by atoms with Gasteiger partial charge in [0.2, 0.25) is 0 Å². The van der Waals surface area contributed by atoms with Gasteiger partial charge in [-0.15, -0.1) is 0 Å². The topological polar surface area (TPSA) is 47.3 Å². The van der Waals surface area contributed by atoms with Crippen molar-refractivity contribution in [3.8, 4) is 5.75 Å². The first-order chi connectivity index (χ1) is 10.3. The van der Waals surface area contributed by atoms with Gasteiger partial charge in [-0.3, -0.25) is 4.98 Å². The van der Waals surface area contributed by atoms with Crippen molar-refractivity contribution in [3.05, 3.63) is 60.1 Å². The summed E-state index contributed by atoms with van der Waals surface area (Å²) in [6.07, 6.45) is 3.64. The van der Waals surface area contributed by atoms with Crippen LogP contribution in [0.2, 0.25) is 0 Å². The summed E-state index contributed by atoms with van der Waals surface area (Å²) >= 11 is 0. The molecule has 0 bridgehead atoms. The van der Waals surface area contributed by atoms with E-state index in [1.807, 2.05) is 36.5 Å². The van der Waals surface area contributed by atoms with Gasteiger partial charge in [-0.1, -0.05) is 18.2 Å². The highest BCUT2D eigenvalue weighted by atomic mass is 16.5. The van der Waals surface area contributed by atoms with Gasteiger partial charge >= 0.3 is 0 Å². The van der Waals surface area contributed by atoms with Crippen molar-refractivity contribution in [1.29, 1.82) is 0 Å². The first kappa shape index (κ1) is 13.6. The zero-order valence-corrected chi connectivity index (χ0v) is 12.2. The van der Waals surface area contributed by atoms with Gasteiger partial charge in [0.15, 0.2) is 11.3 Å². The van der Waals surface area contributed by atoms with Crippen molar-refractivity contribution < 1.29 is 9.15 Å². The van der Waals surface area contributed by atoms with Gasteiger partial charge < -0.3 is 14.5 Å². The Morgan fingerprint density at radius 2 is 2.19 bits per heavy atom. The van der Waals surface area contributed by atoms with Gasteiger partial charge in [-0.2, -0.15) is 0 Å². The molecule has 3 rings (SSSR count). The SMILES string of the molecule is COc1cccc2cc([C@@H](C)NCc3cccnc3)oc12. The molecule has 2 heterocycles. The maximum atomic E-state index is 5.94. The summed E-state index contributed by atoms with van der Waals surface area (Å²) in [6.45, 7) is 2.84. The Morgan fingerprint density at radius 3 is 2.95 bits per heavy atom. The third-order valence-corrected chi connectivity index (χ3v) is 3.51. The largest absolute Gasteiger partial charge is 0.493 e. The molecule has 0 aliphatic carbocycles. The van der Waals surface area contributed by atoms with Gasteiger partial charge in [0, 0.05) is 24.3 Å². The number of fused-ring (bicyclic) bond motifs is 1. The number of rotatable bonds is 5. The molecule has 0 saturated carbocycles. The van der Waals surface area contributed by atoms with E-state index in [4.69, 9.17) is 9.15 Å². The number of para-hydroxylation sites is 1. The number of hydrogen-bond donors (Lipinski definition) is 1. The van der Waals surface area contributed by atoms with Crippen LogP contribution in [0, 0.1) is 0 Å². The summed E-state index contributed by atoms with van der Waals surface area (Å²) in [4.78, 5) is 4.11. The first-order valence-electron chi connectivity index (χ1n) is 6.96. The summed E-state index contributed by atoms with van der Waals surface area (Å²) in [5.74, 6) is 1.66. The van der Waals surface area contributed by atoms with Crippen molar-refractivity contribution in [1.82, 2.24) is 10.3 Å². The molecule has 0 spiro atoms. The molecule has 1 N–H and O–H groups in total. The van der Waals surface area contributed by atoms with Gasteiger partial charge in [-0.25, -0.2) is 0 Å². The third-order valence-electron chi connectivity index (χ3n) is 3.51. The molecule has 4 heteroatoms. The van der Waals surface area contributed by atoms with Crippen molar-refractivity contribution in [2.24, 2.45) is 0 Å².